The molecule has 0 saturated heterocycles. The highest BCUT2D eigenvalue weighted by atomic mass is 35.5. The van der Waals surface area contributed by atoms with E-state index in [1.54, 1.807) is 36.3 Å². The van der Waals surface area contributed by atoms with Crippen LogP contribution in [-0.4, -0.2) is 46.6 Å². The van der Waals surface area contributed by atoms with Gasteiger partial charge in [-0.3, -0.25) is 9.52 Å². The van der Waals surface area contributed by atoms with E-state index in [1.165, 1.54) is 25.3 Å². The molecule has 0 fully saturated rings. The molecule has 3 rings (SSSR count). The first-order chi connectivity index (χ1) is 15.9. The van der Waals surface area contributed by atoms with Gasteiger partial charge in [-0.2, -0.15) is 0 Å². The van der Waals surface area contributed by atoms with Crippen molar-refractivity contribution in [2.75, 3.05) is 32.1 Å². The normalized spacial score (nSPS) is 11.1. The summed E-state index contributed by atoms with van der Waals surface area (Å²) >= 11 is 6.22. The van der Waals surface area contributed by atoms with Gasteiger partial charge in [0.25, 0.3) is 15.9 Å². The van der Waals surface area contributed by atoms with Crippen molar-refractivity contribution >= 4 is 33.2 Å². The Hall–Kier alpha value is -3.07. The van der Waals surface area contributed by atoms with Gasteiger partial charge in [0.15, 0.2) is 0 Å². The number of carbonyl (C=O) groups is 1. The van der Waals surface area contributed by atoms with E-state index < -0.39 is 10.0 Å². The van der Waals surface area contributed by atoms with E-state index in [0.717, 1.165) is 5.56 Å². The zero-order valence-electron chi connectivity index (χ0n) is 18.3. The van der Waals surface area contributed by atoms with Gasteiger partial charge in [-0.15, -0.1) is 0 Å². The van der Waals surface area contributed by atoms with Crippen LogP contribution >= 0.6 is 11.6 Å². The van der Waals surface area contributed by atoms with Gasteiger partial charge in [-0.05, 0) is 35.9 Å². The molecule has 1 N–H and O–H groups in total. The van der Waals surface area contributed by atoms with Crippen LogP contribution in [-0.2, 0) is 21.3 Å². The minimum absolute atomic E-state index is 0.000416. The molecule has 0 atom stereocenters. The van der Waals surface area contributed by atoms with E-state index in [0.29, 0.717) is 25.4 Å². The van der Waals surface area contributed by atoms with E-state index >= 15 is 0 Å². The van der Waals surface area contributed by atoms with Crippen LogP contribution in [0.5, 0.6) is 5.75 Å². The van der Waals surface area contributed by atoms with Crippen molar-refractivity contribution in [1.82, 2.24) is 4.90 Å². The zero-order valence-corrected chi connectivity index (χ0v) is 19.9. The Balaban J connectivity index is 1.91. The summed E-state index contributed by atoms with van der Waals surface area (Å²) in [6, 6.07) is 20.3. The molecule has 9 heteroatoms. The van der Waals surface area contributed by atoms with Crippen molar-refractivity contribution in [3.63, 3.8) is 0 Å². The Morgan fingerprint density at radius 3 is 2.39 bits per heavy atom. The Labute approximate surface area is 198 Å². The molecule has 3 aromatic rings. The van der Waals surface area contributed by atoms with E-state index in [-0.39, 0.29) is 27.1 Å². The average molecular weight is 489 g/mol. The molecule has 1 amide bonds. The van der Waals surface area contributed by atoms with Crippen LogP contribution in [0, 0.1) is 0 Å². The highest BCUT2D eigenvalue weighted by Gasteiger charge is 2.23. The molecule has 0 heterocycles. The molecule has 0 spiro atoms. The minimum Gasteiger partial charge on any atom is -0.495 e. The van der Waals surface area contributed by atoms with Crippen molar-refractivity contribution in [3.05, 3.63) is 88.9 Å². The molecule has 0 aliphatic carbocycles. The predicted molar refractivity (Wildman–Crippen MR) is 128 cm³/mol. The van der Waals surface area contributed by atoms with Crippen LogP contribution < -0.4 is 9.46 Å². The molecule has 3 aromatic carbocycles. The van der Waals surface area contributed by atoms with Gasteiger partial charge in [-0.1, -0.05) is 54.1 Å². The number of hydrogen-bond donors (Lipinski definition) is 1. The van der Waals surface area contributed by atoms with Crippen LogP contribution in [0.15, 0.2) is 77.7 Å². The third-order valence-electron chi connectivity index (χ3n) is 4.89. The number of rotatable bonds is 10. The molecule has 0 aliphatic heterocycles. The summed E-state index contributed by atoms with van der Waals surface area (Å²) in [7, 11) is -1.09. The van der Waals surface area contributed by atoms with E-state index in [1.807, 2.05) is 30.3 Å². The van der Waals surface area contributed by atoms with Crippen LogP contribution in [0.3, 0.4) is 0 Å². The molecule has 0 bridgehead atoms. The number of carbonyl (C=O) groups excluding carboxylic acids is 1. The molecular weight excluding hydrogens is 464 g/mol. The Kier molecular flexibility index (Phi) is 8.32. The average Bonchev–Trinajstić information content (AvgIpc) is 2.82. The lowest BCUT2D eigenvalue weighted by Crippen LogP contribution is -2.33. The number of ether oxygens (including phenoxy) is 2. The maximum absolute atomic E-state index is 13.3. The third kappa shape index (κ3) is 6.25. The Morgan fingerprint density at radius 2 is 1.70 bits per heavy atom. The zero-order chi connectivity index (χ0) is 23.8. The summed E-state index contributed by atoms with van der Waals surface area (Å²) in [5, 5.41) is 0.000416. The minimum atomic E-state index is -4.09. The summed E-state index contributed by atoms with van der Waals surface area (Å²) in [5.74, 6) is 0.0272. The maximum atomic E-state index is 13.3. The summed E-state index contributed by atoms with van der Waals surface area (Å²) < 4.78 is 39.0. The fourth-order valence-corrected chi connectivity index (χ4v) is 4.81. The van der Waals surface area contributed by atoms with Gasteiger partial charge < -0.3 is 14.4 Å². The number of sulfonamides is 1. The van der Waals surface area contributed by atoms with E-state index in [2.05, 4.69) is 4.72 Å². The van der Waals surface area contributed by atoms with Crippen molar-refractivity contribution in [2.24, 2.45) is 0 Å². The highest BCUT2D eigenvalue weighted by molar-refractivity contribution is 7.92. The van der Waals surface area contributed by atoms with Crippen LogP contribution in [0.4, 0.5) is 5.69 Å². The van der Waals surface area contributed by atoms with Crippen molar-refractivity contribution < 1.29 is 22.7 Å². The number of para-hydroxylation sites is 2. The molecule has 33 heavy (non-hydrogen) atoms. The topological polar surface area (TPSA) is 84.9 Å². The van der Waals surface area contributed by atoms with Gasteiger partial charge >= 0.3 is 0 Å². The van der Waals surface area contributed by atoms with Crippen LogP contribution in [0.1, 0.15) is 15.9 Å². The Bertz CT molecular complexity index is 1200. The van der Waals surface area contributed by atoms with Crippen molar-refractivity contribution in [3.8, 4) is 5.75 Å². The summed E-state index contributed by atoms with van der Waals surface area (Å²) in [5.41, 5.74) is 1.41. The van der Waals surface area contributed by atoms with Crippen molar-refractivity contribution in [2.45, 2.75) is 11.4 Å². The summed E-state index contributed by atoms with van der Waals surface area (Å²) in [6.07, 6.45) is 0. The first-order valence-electron chi connectivity index (χ1n) is 10.1. The standard InChI is InChI=1S/C24H25ClN2O5S/c1-31-15-14-27(17-18-8-4-3-5-9-18)24(28)19-12-13-20(25)23(16-19)33(29,30)26-21-10-6-7-11-22(21)32-2/h3-13,16,26H,14-15,17H2,1-2H3. The SMILES string of the molecule is COCCN(Cc1ccccc1)C(=O)c1ccc(Cl)c(S(=O)(=O)Nc2ccccc2OC)c1. The third-order valence-corrected chi connectivity index (χ3v) is 6.73. The van der Waals surface area contributed by atoms with E-state index in [4.69, 9.17) is 21.1 Å². The molecule has 0 unspecified atom stereocenters. The lowest BCUT2D eigenvalue weighted by atomic mass is 10.1. The largest absolute Gasteiger partial charge is 0.495 e. The number of benzene rings is 3. The fraction of sp³-hybridized carbons (Fsp3) is 0.208. The number of halogens is 1. The number of anilines is 1. The molecule has 0 aliphatic rings. The second-order valence-corrected chi connectivity index (χ2v) is 9.21. The molecule has 0 aromatic heterocycles. The molecule has 174 valence electrons. The molecule has 0 radical (unpaired) electrons. The second-order valence-electron chi connectivity index (χ2n) is 7.16. The summed E-state index contributed by atoms with van der Waals surface area (Å²) in [4.78, 5) is 14.7. The first-order valence-corrected chi connectivity index (χ1v) is 12.0. The number of nitrogens with zero attached hydrogens (tertiary/aromatic N) is 1. The van der Waals surface area contributed by atoms with Gasteiger partial charge in [0.05, 0.1) is 24.4 Å². The first kappa shape index (κ1) is 24.6. The van der Waals surface area contributed by atoms with Gasteiger partial charge in [0, 0.05) is 25.8 Å². The maximum Gasteiger partial charge on any atom is 0.263 e. The number of hydrogen-bond acceptors (Lipinski definition) is 5. The Morgan fingerprint density at radius 1 is 1.00 bits per heavy atom. The smallest absolute Gasteiger partial charge is 0.263 e. The molecular formula is C24H25ClN2O5S. The van der Waals surface area contributed by atoms with Crippen LogP contribution in [0.2, 0.25) is 5.02 Å². The van der Waals surface area contributed by atoms with E-state index in [9.17, 15) is 13.2 Å². The number of methoxy groups -OCH3 is 2. The number of nitrogens with one attached hydrogen (secondary N) is 1. The fourth-order valence-electron chi connectivity index (χ4n) is 3.21. The van der Waals surface area contributed by atoms with Gasteiger partial charge in [0.2, 0.25) is 0 Å². The van der Waals surface area contributed by atoms with Gasteiger partial charge in [0.1, 0.15) is 10.6 Å². The van der Waals surface area contributed by atoms with Crippen molar-refractivity contribution in [1.29, 1.82) is 0 Å². The monoisotopic (exact) mass is 488 g/mol. The lowest BCUT2D eigenvalue weighted by molar-refractivity contribution is 0.0680. The summed E-state index contributed by atoms with van der Waals surface area (Å²) in [6.45, 7) is 1.04. The quantitative estimate of drug-likeness (QED) is 0.456. The van der Waals surface area contributed by atoms with Gasteiger partial charge in [-0.25, -0.2) is 8.42 Å². The second kappa shape index (κ2) is 11.2. The number of amides is 1. The predicted octanol–water partition coefficient (Wildman–Crippen LogP) is 4.44. The van der Waals surface area contributed by atoms with Crippen LogP contribution in [0.25, 0.3) is 0 Å². The highest BCUT2D eigenvalue weighted by Crippen LogP contribution is 2.29. The lowest BCUT2D eigenvalue weighted by Gasteiger charge is -2.23. The molecule has 0 saturated carbocycles. The molecule has 7 nitrogen and oxygen atoms in total.